The van der Waals surface area contributed by atoms with Crippen molar-refractivity contribution >= 4 is 34.8 Å². The number of nitrogens with zero attached hydrogens (tertiary/aromatic N) is 2. The minimum Gasteiger partial charge on any atom is -0.504 e. The van der Waals surface area contributed by atoms with Gasteiger partial charge < -0.3 is 9.84 Å². The molecule has 0 aliphatic carbocycles. The number of halogens is 1. The van der Waals surface area contributed by atoms with Crippen molar-refractivity contribution in [2.24, 2.45) is 5.92 Å². The zero-order valence-corrected chi connectivity index (χ0v) is 17.8. The molecule has 2 heterocycles. The molecule has 0 saturated carbocycles. The van der Waals surface area contributed by atoms with E-state index < -0.39 is 24.0 Å². The molecule has 2 saturated heterocycles. The molecule has 0 aromatic heterocycles. The Morgan fingerprint density at radius 2 is 1.66 bits per heavy atom. The molecule has 2 aliphatic rings. The van der Waals surface area contributed by atoms with E-state index >= 15 is 0 Å². The van der Waals surface area contributed by atoms with Gasteiger partial charge in [0.05, 0.1) is 24.5 Å². The fourth-order valence-electron chi connectivity index (χ4n) is 4.28. The van der Waals surface area contributed by atoms with Crippen LogP contribution in [0.4, 0.5) is 11.4 Å². The monoisotopic (exact) mass is 450 g/mol. The zero-order valence-electron chi connectivity index (χ0n) is 17.0. The number of phenols is 1. The lowest BCUT2D eigenvalue weighted by Crippen LogP contribution is -2.37. The zero-order chi connectivity index (χ0) is 22.4. The maximum Gasteiger partial charge on any atom is 0.266 e. The Bertz CT molecular complexity index is 1180. The Morgan fingerprint density at radius 1 is 0.938 bits per heavy atom. The summed E-state index contributed by atoms with van der Waals surface area (Å²) in [6.07, 6.45) is -0.983. The summed E-state index contributed by atoms with van der Waals surface area (Å²) in [5.41, 5.74) is 1.81. The Labute approximate surface area is 189 Å². The van der Waals surface area contributed by atoms with Crippen molar-refractivity contribution in [1.29, 1.82) is 0 Å². The number of imide groups is 1. The average molecular weight is 451 g/mol. The van der Waals surface area contributed by atoms with Gasteiger partial charge in [0.25, 0.3) is 5.91 Å². The number of carbonyl (C=O) groups is 2. The summed E-state index contributed by atoms with van der Waals surface area (Å²) in [5, 5.41) is 12.2. The van der Waals surface area contributed by atoms with Gasteiger partial charge in [-0.05, 0) is 54.1 Å². The number of para-hydroxylation sites is 1. The van der Waals surface area contributed by atoms with Crippen molar-refractivity contribution < 1.29 is 24.3 Å². The second-order valence-electron chi connectivity index (χ2n) is 7.58. The van der Waals surface area contributed by atoms with Crippen molar-refractivity contribution in [2.45, 2.75) is 12.1 Å². The van der Waals surface area contributed by atoms with Crippen LogP contribution in [-0.2, 0) is 14.4 Å². The fourth-order valence-corrected chi connectivity index (χ4v) is 4.40. The molecule has 5 rings (SSSR count). The number of fused-ring (bicyclic) bond motifs is 1. The van der Waals surface area contributed by atoms with Crippen LogP contribution in [0.5, 0.6) is 11.5 Å². The van der Waals surface area contributed by atoms with Gasteiger partial charge in [0.1, 0.15) is 5.92 Å². The third-order valence-electron chi connectivity index (χ3n) is 5.76. The van der Waals surface area contributed by atoms with Gasteiger partial charge in [-0.2, -0.15) is 0 Å². The van der Waals surface area contributed by atoms with Crippen molar-refractivity contribution in [1.82, 2.24) is 0 Å². The molecule has 3 aromatic rings. The summed E-state index contributed by atoms with van der Waals surface area (Å²) in [5.74, 6) is -1.31. The highest BCUT2D eigenvalue weighted by Gasteiger charge is 2.60. The molecule has 2 aliphatic heterocycles. The molecule has 162 valence electrons. The van der Waals surface area contributed by atoms with Crippen LogP contribution in [-0.4, -0.2) is 30.1 Å². The second-order valence-corrected chi connectivity index (χ2v) is 8.01. The lowest BCUT2D eigenvalue weighted by atomic mass is 9.90. The van der Waals surface area contributed by atoms with Crippen LogP contribution in [0.15, 0.2) is 72.8 Å². The van der Waals surface area contributed by atoms with E-state index in [1.807, 2.05) is 6.07 Å². The first kappa shape index (κ1) is 20.4. The first-order valence-electron chi connectivity index (χ1n) is 10.0. The molecule has 3 atom stereocenters. The van der Waals surface area contributed by atoms with E-state index in [2.05, 4.69) is 0 Å². The number of carbonyl (C=O) groups excluding carboxylic acids is 2. The Kier molecular flexibility index (Phi) is 5.00. The molecule has 3 aromatic carbocycles. The number of hydrogen-bond acceptors (Lipinski definition) is 6. The SMILES string of the molecule is COc1cc([C@H]2[C@H]3C(=O)N(c4ccccc4)C(=O)[C@H]3ON2c2ccc(Cl)cc2)ccc1O. The maximum atomic E-state index is 13.5. The normalized spacial score (nSPS) is 22.4. The third kappa shape index (κ3) is 3.18. The summed E-state index contributed by atoms with van der Waals surface area (Å²) < 4.78 is 5.26. The molecule has 0 unspecified atom stereocenters. The summed E-state index contributed by atoms with van der Waals surface area (Å²) in [7, 11) is 1.45. The van der Waals surface area contributed by atoms with Gasteiger partial charge in [0.2, 0.25) is 5.91 Å². The van der Waals surface area contributed by atoms with Gasteiger partial charge in [-0.1, -0.05) is 35.9 Å². The number of aromatic hydroxyl groups is 1. The number of hydroxylamine groups is 1. The predicted octanol–water partition coefficient (Wildman–Crippen LogP) is 4.11. The lowest BCUT2D eigenvalue weighted by molar-refractivity contribution is -0.126. The Hall–Kier alpha value is -3.55. The Balaban J connectivity index is 1.61. The van der Waals surface area contributed by atoms with Gasteiger partial charge in [-0.15, -0.1) is 0 Å². The molecule has 1 N–H and O–H groups in total. The van der Waals surface area contributed by atoms with E-state index in [1.54, 1.807) is 65.7 Å². The van der Waals surface area contributed by atoms with Crippen LogP contribution in [0.25, 0.3) is 0 Å². The highest BCUT2D eigenvalue weighted by molar-refractivity contribution is 6.30. The number of hydrogen-bond donors (Lipinski definition) is 1. The first-order valence-corrected chi connectivity index (χ1v) is 10.4. The van der Waals surface area contributed by atoms with Crippen molar-refractivity contribution in [2.75, 3.05) is 17.1 Å². The van der Waals surface area contributed by atoms with Crippen LogP contribution >= 0.6 is 11.6 Å². The van der Waals surface area contributed by atoms with Crippen molar-refractivity contribution in [3.63, 3.8) is 0 Å². The van der Waals surface area contributed by atoms with Crippen molar-refractivity contribution in [3.8, 4) is 11.5 Å². The van der Waals surface area contributed by atoms with Gasteiger partial charge in [0, 0.05) is 5.02 Å². The summed E-state index contributed by atoms with van der Waals surface area (Å²) >= 11 is 6.04. The molecular formula is C24H19ClN2O5. The Morgan fingerprint density at radius 3 is 2.34 bits per heavy atom. The average Bonchev–Trinajstić information content (AvgIpc) is 3.31. The minimum absolute atomic E-state index is 0.0236. The largest absolute Gasteiger partial charge is 0.504 e. The number of amides is 2. The van der Waals surface area contributed by atoms with Crippen molar-refractivity contribution in [3.05, 3.63) is 83.4 Å². The molecule has 8 heteroatoms. The van der Waals surface area contributed by atoms with Gasteiger partial charge >= 0.3 is 0 Å². The van der Waals surface area contributed by atoms with Crippen LogP contribution in [0.2, 0.25) is 5.02 Å². The van der Waals surface area contributed by atoms with Crippen LogP contribution in [0.3, 0.4) is 0 Å². The number of anilines is 2. The second kappa shape index (κ2) is 7.85. The van der Waals surface area contributed by atoms with E-state index in [0.717, 1.165) is 0 Å². The minimum atomic E-state index is -0.983. The molecule has 32 heavy (non-hydrogen) atoms. The highest BCUT2D eigenvalue weighted by Crippen LogP contribution is 2.48. The maximum absolute atomic E-state index is 13.5. The number of methoxy groups -OCH3 is 1. The van der Waals surface area contributed by atoms with E-state index in [9.17, 15) is 14.7 Å². The van der Waals surface area contributed by atoms with Crippen LogP contribution < -0.4 is 14.7 Å². The summed E-state index contributed by atoms with van der Waals surface area (Å²) in [6.45, 7) is 0. The lowest BCUT2D eigenvalue weighted by Gasteiger charge is -2.29. The van der Waals surface area contributed by atoms with Crippen LogP contribution in [0.1, 0.15) is 11.6 Å². The molecule has 2 amide bonds. The molecule has 0 bridgehead atoms. The van der Waals surface area contributed by atoms with Crippen LogP contribution in [0, 0.1) is 5.92 Å². The number of phenolic OH excluding ortho intramolecular Hbond substituents is 1. The predicted molar refractivity (Wildman–Crippen MR) is 119 cm³/mol. The first-order chi connectivity index (χ1) is 15.5. The highest BCUT2D eigenvalue weighted by atomic mass is 35.5. The molecule has 7 nitrogen and oxygen atoms in total. The van der Waals surface area contributed by atoms with E-state index in [4.69, 9.17) is 21.2 Å². The number of rotatable bonds is 4. The summed E-state index contributed by atoms with van der Waals surface area (Å²) in [6, 6.07) is 20.0. The standard InChI is InChI=1S/C24H19ClN2O5/c1-31-19-13-14(7-12-18(19)28)21-20-22(32-27(21)17-10-8-15(25)9-11-17)24(30)26(23(20)29)16-5-3-2-4-6-16/h2-13,20-22,28H,1H3/t20-,21+,22+/m1/s1. The third-order valence-corrected chi connectivity index (χ3v) is 6.01. The van der Waals surface area contributed by atoms with E-state index in [0.29, 0.717) is 22.0 Å². The van der Waals surface area contributed by atoms with E-state index in [1.165, 1.54) is 18.1 Å². The van der Waals surface area contributed by atoms with Gasteiger partial charge in [-0.3, -0.25) is 14.4 Å². The van der Waals surface area contributed by atoms with E-state index in [-0.39, 0.29) is 17.4 Å². The topological polar surface area (TPSA) is 79.3 Å². The molecule has 2 fully saturated rings. The number of ether oxygens (including phenoxy) is 1. The molecule has 0 spiro atoms. The molecule has 0 radical (unpaired) electrons. The molecular weight excluding hydrogens is 432 g/mol. The van der Waals surface area contributed by atoms with Gasteiger partial charge in [0.15, 0.2) is 17.6 Å². The number of benzene rings is 3. The smallest absolute Gasteiger partial charge is 0.266 e. The summed E-state index contributed by atoms with van der Waals surface area (Å²) in [4.78, 5) is 34.1. The quantitative estimate of drug-likeness (QED) is 0.603. The van der Waals surface area contributed by atoms with Gasteiger partial charge in [-0.25, -0.2) is 9.96 Å². The fraction of sp³-hybridized carbons (Fsp3) is 0.167.